The molecule has 0 saturated heterocycles. The van der Waals surface area contributed by atoms with E-state index in [1.165, 1.54) is 0 Å². The summed E-state index contributed by atoms with van der Waals surface area (Å²) in [4.78, 5) is 24.9. The molecule has 94 valence electrons. The van der Waals surface area contributed by atoms with Crippen LogP contribution < -0.4 is 10.7 Å². The molecule has 0 aliphatic heterocycles. The lowest BCUT2D eigenvalue weighted by Crippen LogP contribution is -2.32. The highest BCUT2D eigenvalue weighted by Gasteiger charge is 2.35. The van der Waals surface area contributed by atoms with Crippen LogP contribution in [0.2, 0.25) is 0 Å². The molecule has 0 aromatic carbocycles. The first kappa shape index (κ1) is 13.6. The highest BCUT2D eigenvalue weighted by atomic mass is 32.1. The number of amides is 1. The minimum Gasteiger partial charge on any atom is -0.366 e. The lowest BCUT2D eigenvalue weighted by Gasteiger charge is -2.07. The molecule has 0 fully saturated rings. The van der Waals surface area contributed by atoms with Crippen LogP contribution in [0.3, 0.4) is 0 Å². The second kappa shape index (κ2) is 5.26. The molecular weight excluding hydrogens is 257 g/mol. The van der Waals surface area contributed by atoms with E-state index in [1.807, 2.05) is 0 Å². The number of alkyl halides is 3. The molecule has 4 nitrogen and oxygen atoms in total. The van der Waals surface area contributed by atoms with Crippen molar-refractivity contribution >= 4 is 18.5 Å². The number of thiol groups is 1. The minimum atomic E-state index is -4.78. The molecule has 0 bridgehead atoms. The van der Waals surface area contributed by atoms with Gasteiger partial charge in [0.2, 0.25) is 5.43 Å². The number of H-pyrrole nitrogens is 1. The zero-order chi connectivity index (χ0) is 13.1. The number of carbonyl (C=O) groups excluding carboxylic acids is 1. The standard InChI is InChI=1S/C9H9F3N2O2S/c10-9(11,12)6-4-13-3-5(7(6)15)8(16)14-1-2-17/h3-4,17H,1-2H2,(H,13,15)(H,14,16). The van der Waals surface area contributed by atoms with Gasteiger partial charge in [-0.05, 0) is 0 Å². The van der Waals surface area contributed by atoms with Crippen LogP contribution in [0.1, 0.15) is 15.9 Å². The van der Waals surface area contributed by atoms with E-state index in [9.17, 15) is 22.8 Å². The van der Waals surface area contributed by atoms with E-state index in [1.54, 1.807) is 0 Å². The maximum Gasteiger partial charge on any atom is 0.421 e. The molecule has 17 heavy (non-hydrogen) atoms. The molecule has 0 aliphatic rings. The molecule has 1 heterocycles. The van der Waals surface area contributed by atoms with Crippen molar-refractivity contribution < 1.29 is 18.0 Å². The summed E-state index contributed by atoms with van der Waals surface area (Å²) in [7, 11) is 0. The number of hydrogen-bond acceptors (Lipinski definition) is 3. The second-order valence-corrected chi connectivity index (χ2v) is 3.54. The van der Waals surface area contributed by atoms with Gasteiger partial charge in [0.1, 0.15) is 11.1 Å². The van der Waals surface area contributed by atoms with Gasteiger partial charge in [-0.3, -0.25) is 9.59 Å². The van der Waals surface area contributed by atoms with Crippen LogP contribution in [-0.4, -0.2) is 23.2 Å². The predicted molar refractivity (Wildman–Crippen MR) is 58.3 cm³/mol. The van der Waals surface area contributed by atoms with Crippen LogP contribution in [0, 0.1) is 0 Å². The molecule has 1 amide bonds. The number of nitrogens with one attached hydrogen (secondary N) is 2. The first-order chi connectivity index (χ1) is 7.88. The Labute approximate surface area is 99.6 Å². The SMILES string of the molecule is O=C(NCCS)c1c[nH]cc(C(F)(F)F)c1=O. The summed E-state index contributed by atoms with van der Waals surface area (Å²) in [5.74, 6) is -0.533. The van der Waals surface area contributed by atoms with Gasteiger partial charge in [0, 0.05) is 24.7 Å². The molecular formula is C9H9F3N2O2S. The van der Waals surface area contributed by atoms with E-state index < -0.39 is 28.6 Å². The average Bonchev–Trinajstić information content (AvgIpc) is 2.24. The van der Waals surface area contributed by atoms with Gasteiger partial charge in [-0.2, -0.15) is 25.8 Å². The number of hydrogen-bond donors (Lipinski definition) is 3. The topological polar surface area (TPSA) is 62.0 Å². The Morgan fingerprint density at radius 3 is 2.59 bits per heavy atom. The third-order valence-electron chi connectivity index (χ3n) is 1.89. The largest absolute Gasteiger partial charge is 0.421 e. The van der Waals surface area contributed by atoms with Crippen molar-refractivity contribution in [1.29, 1.82) is 0 Å². The molecule has 2 N–H and O–H groups in total. The summed E-state index contributed by atoms with van der Waals surface area (Å²) in [6.45, 7) is 0.164. The zero-order valence-corrected chi connectivity index (χ0v) is 9.36. The number of rotatable bonds is 3. The number of halogens is 3. The van der Waals surface area contributed by atoms with Gasteiger partial charge in [-0.25, -0.2) is 0 Å². The summed E-state index contributed by atoms with van der Waals surface area (Å²) in [5.41, 5.74) is -3.30. The summed E-state index contributed by atoms with van der Waals surface area (Å²) in [6, 6.07) is 0. The van der Waals surface area contributed by atoms with Gasteiger partial charge in [0.05, 0.1) is 0 Å². The summed E-state index contributed by atoms with van der Waals surface area (Å²) < 4.78 is 37.1. The first-order valence-electron chi connectivity index (χ1n) is 4.55. The third kappa shape index (κ3) is 3.26. The Balaban J connectivity index is 3.11. The monoisotopic (exact) mass is 266 g/mol. The summed E-state index contributed by atoms with van der Waals surface area (Å²) in [6.07, 6.45) is -3.32. The maximum absolute atomic E-state index is 12.4. The van der Waals surface area contributed by atoms with Crippen molar-refractivity contribution in [2.75, 3.05) is 12.3 Å². The smallest absolute Gasteiger partial charge is 0.366 e. The molecule has 0 unspecified atom stereocenters. The fourth-order valence-corrected chi connectivity index (χ4v) is 1.24. The highest BCUT2D eigenvalue weighted by Crippen LogP contribution is 2.25. The Morgan fingerprint density at radius 1 is 1.41 bits per heavy atom. The van der Waals surface area contributed by atoms with E-state index in [0.29, 0.717) is 11.9 Å². The summed E-state index contributed by atoms with van der Waals surface area (Å²) >= 11 is 3.82. The fraction of sp³-hybridized carbons (Fsp3) is 0.333. The third-order valence-corrected chi connectivity index (χ3v) is 2.12. The first-order valence-corrected chi connectivity index (χ1v) is 5.18. The van der Waals surface area contributed by atoms with Crippen LogP contribution in [0.4, 0.5) is 13.2 Å². The Morgan fingerprint density at radius 2 is 2.06 bits per heavy atom. The van der Waals surface area contributed by atoms with Gasteiger partial charge in [0.25, 0.3) is 5.91 Å². The van der Waals surface area contributed by atoms with Crippen LogP contribution in [0.15, 0.2) is 17.2 Å². The van der Waals surface area contributed by atoms with E-state index in [2.05, 4.69) is 22.9 Å². The minimum absolute atomic E-state index is 0.164. The molecule has 0 spiro atoms. The molecule has 0 saturated carbocycles. The molecule has 0 atom stereocenters. The number of carbonyl (C=O) groups is 1. The molecule has 0 aliphatic carbocycles. The van der Waals surface area contributed by atoms with Gasteiger partial charge in [-0.1, -0.05) is 0 Å². The Bertz CT molecular complexity index is 470. The van der Waals surface area contributed by atoms with Crippen LogP contribution in [0.5, 0.6) is 0 Å². The van der Waals surface area contributed by atoms with Crippen molar-refractivity contribution in [2.45, 2.75) is 6.18 Å². The normalized spacial score (nSPS) is 11.3. The van der Waals surface area contributed by atoms with Gasteiger partial charge >= 0.3 is 6.18 Å². The predicted octanol–water partition coefficient (Wildman–Crippen LogP) is 1.05. The summed E-state index contributed by atoms with van der Waals surface area (Å²) in [5, 5.41) is 2.27. The van der Waals surface area contributed by atoms with E-state index in [4.69, 9.17) is 0 Å². The lowest BCUT2D eigenvalue weighted by atomic mass is 10.1. The van der Waals surface area contributed by atoms with Crippen molar-refractivity contribution in [1.82, 2.24) is 10.3 Å². The van der Waals surface area contributed by atoms with Crippen LogP contribution in [-0.2, 0) is 6.18 Å². The second-order valence-electron chi connectivity index (χ2n) is 3.09. The highest BCUT2D eigenvalue weighted by molar-refractivity contribution is 7.80. The van der Waals surface area contributed by atoms with Crippen molar-refractivity contribution in [2.24, 2.45) is 0 Å². The van der Waals surface area contributed by atoms with Crippen molar-refractivity contribution in [3.8, 4) is 0 Å². The Kier molecular flexibility index (Phi) is 4.22. The zero-order valence-electron chi connectivity index (χ0n) is 8.47. The van der Waals surface area contributed by atoms with Gasteiger partial charge in [0.15, 0.2) is 0 Å². The average molecular weight is 266 g/mol. The number of aromatic amines is 1. The lowest BCUT2D eigenvalue weighted by molar-refractivity contribution is -0.138. The van der Waals surface area contributed by atoms with E-state index in [-0.39, 0.29) is 6.54 Å². The van der Waals surface area contributed by atoms with E-state index in [0.717, 1.165) is 6.20 Å². The quantitative estimate of drug-likeness (QED) is 0.716. The molecule has 1 aromatic heterocycles. The maximum atomic E-state index is 12.4. The number of pyridine rings is 1. The van der Waals surface area contributed by atoms with Crippen molar-refractivity contribution in [3.05, 3.63) is 33.7 Å². The Hall–Kier alpha value is -1.44. The van der Waals surface area contributed by atoms with Crippen LogP contribution >= 0.6 is 12.6 Å². The molecule has 0 radical (unpaired) electrons. The fourth-order valence-electron chi connectivity index (χ4n) is 1.13. The molecule has 1 aromatic rings. The van der Waals surface area contributed by atoms with Crippen LogP contribution in [0.25, 0.3) is 0 Å². The molecule has 8 heteroatoms. The van der Waals surface area contributed by atoms with Crippen molar-refractivity contribution in [3.63, 3.8) is 0 Å². The van der Waals surface area contributed by atoms with E-state index >= 15 is 0 Å². The van der Waals surface area contributed by atoms with Gasteiger partial charge < -0.3 is 10.3 Å². The molecule has 1 rings (SSSR count). The number of aromatic nitrogens is 1. The van der Waals surface area contributed by atoms with Gasteiger partial charge in [-0.15, -0.1) is 0 Å².